The molecule has 1 aromatic carbocycles. The Morgan fingerprint density at radius 1 is 1.21 bits per heavy atom. The van der Waals surface area contributed by atoms with E-state index in [9.17, 15) is 14.7 Å². The molecule has 0 amide bonds. The quantitative estimate of drug-likeness (QED) is 0.391. The van der Waals surface area contributed by atoms with Gasteiger partial charge in [0.1, 0.15) is 5.76 Å². The zero-order valence-electron chi connectivity index (χ0n) is 10.8. The largest absolute Gasteiger partial charge is 0.507 e. The maximum absolute atomic E-state index is 11.3. The maximum atomic E-state index is 11.3. The van der Waals surface area contributed by atoms with Gasteiger partial charge in [-0.05, 0) is 42.9 Å². The fourth-order valence-corrected chi connectivity index (χ4v) is 2.26. The molecule has 4 heteroatoms. The summed E-state index contributed by atoms with van der Waals surface area (Å²) in [7, 11) is 1.13. The van der Waals surface area contributed by atoms with Crippen LogP contribution in [0, 0.1) is 0 Å². The number of esters is 1. The van der Waals surface area contributed by atoms with Crippen molar-refractivity contribution in [2.24, 2.45) is 0 Å². The third-order valence-electron chi connectivity index (χ3n) is 3.30. The first kappa shape index (κ1) is 13.3. The second-order valence-corrected chi connectivity index (χ2v) is 4.58. The van der Waals surface area contributed by atoms with Crippen LogP contribution < -0.4 is 0 Å². The highest BCUT2D eigenvalue weighted by Gasteiger charge is 2.14. The van der Waals surface area contributed by atoms with Crippen molar-refractivity contribution < 1.29 is 19.4 Å². The van der Waals surface area contributed by atoms with E-state index >= 15 is 0 Å². The summed E-state index contributed by atoms with van der Waals surface area (Å²) in [6, 6.07) is 5.61. The van der Waals surface area contributed by atoms with Gasteiger partial charge in [-0.3, -0.25) is 4.79 Å². The van der Waals surface area contributed by atoms with Crippen LogP contribution in [0.25, 0.3) is 5.76 Å². The molecular formula is C15H16O4. The Balaban J connectivity index is 2.24. The lowest BCUT2D eigenvalue weighted by molar-refractivity contribution is -0.149. The highest BCUT2D eigenvalue weighted by Crippen LogP contribution is 2.24. The van der Waals surface area contributed by atoms with E-state index in [1.807, 2.05) is 12.1 Å². The highest BCUT2D eigenvalue weighted by atomic mass is 16.5. The number of fused-ring (bicyclic) bond motifs is 1. The minimum absolute atomic E-state index is 0.205. The third kappa shape index (κ3) is 3.02. The Morgan fingerprint density at radius 2 is 1.89 bits per heavy atom. The second-order valence-electron chi connectivity index (χ2n) is 4.58. The van der Waals surface area contributed by atoms with Crippen LogP contribution in [0.1, 0.15) is 29.5 Å². The molecule has 2 rings (SSSR count). The first-order chi connectivity index (χ1) is 9.11. The number of hydrogen-bond acceptors (Lipinski definition) is 4. The van der Waals surface area contributed by atoms with Crippen LogP contribution in [0.3, 0.4) is 0 Å². The summed E-state index contributed by atoms with van der Waals surface area (Å²) < 4.78 is 4.30. The lowest BCUT2D eigenvalue weighted by atomic mass is 9.90. The van der Waals surface area contributed by atoms with Crippen molar-refractivity contribution in [2.75, 3.05) is 7.11 Å². The number of aryl methyl sites for hydroxylation is 2. The van der Waals surface area contributed by atoms with Crippen molar-refractivity contribution in [1.29, 1.82) is 0 Å². The van der Waals surface area contributed by atoms with Crippen LogP contribution >= 0.6 is 0 Å². The van der Waals surface area contributed by atoms with Gasteiger partial charge in [-0.15, -0.1) is 0 Å². The molecule has 0 radical (unpaired) electrons. The molecule has 1 aliphatic carbocycles. The zero-order chi connectivity index (χ0) is 13.8. The Bertz CT molecular complexity index is 543. The molecule has 100 valence electrons. The maximum Gasteiger partial charge on any atom is 0.378 e. The van der Waals surface area contributed by atoms with Crippen LogP contribution in [-0.2, 0) is 27.2 Å². The van der Waals surface area contributed by atoms with Crippen molar-refractivity contribution in [2.45, 2.75) is 25.7 Å². The van der Waals surface area contributed by atoms with E-state index < -0.39 is 11.8 Å². The number of benzene rings is 1. The van der Waals surface area contributed by atoms with Gasteiger partial charge >= 0.3 is 5.97 Å². The Kier molecular flexibility index (Phi) is 4.00. The van der Waals surface area contributed by atoms with Crippen LogP contribution in [0.4, 0.5) is 0 Å². The predicted molar refractivity (Wildman–Crippen MR) is 70.7 cm³/mol. The number of ketones is 1. The summed E-state index contributed by atoms with van der Waals surface area (Å²) in [6.45, 7) is 0. The topological polar surface area (TPSA) is 63.6 Å². The van der Waals surface area contributed by atoms with Gasteiger partial charge in [0.15, 0.2) is 0 Å². The fourth-order valence-electron chi connectivity index (χ4n) is 2.26. The summed E-state index contributed by atoms with van der Waals surface area (Å²) in [4.78, 5) is 22.3. The lowest BCUT2D eigenvalue weighted by Gasteiger charge is -2.16. The van der Waals surface area contributed by atoms with E-state index in [2.05, 4.69) is 4.74 Å². The SMILES string of the molecule is COC(=O)C(=O)C=C(O)c1ccc2c(c1)CCCC2. The van der Waals surface area contributed by atoms with Crippen molar-refractivity contribution in [3.8, 4) is 0 Å². The van der Waals surface area contributed by atoms with E-state index in [1.165, 1.54) is 17.5 Å². The van der Waals surface area contributed by atoms with Gasteiger partial charge in [0, 0.05) is 11.6 Å². The summed E-state index contributed by atoms with van der Waals surface area (Å²) in [5.74, 6) is -2.05. The van der Waals surface area contributed by atoms with E-state index in [-0.39, 0.29) is 5.76 Å². The summed E-state index contributed by atoms with van der Waals surface area (Å²) in [5.41, 5.74) is 3.05. The van der Waals surface area contributed by atoms with Crippen molar-refractivity contribution in [1.82, 2.24) is 0 Å². The number of ether oxygens (including phenoxy) is 1. The standard InChI is InChI=1S/C15H16O4/c1-19-15(18)14(17)9-13(16)12-7-6-10-4-2-3-5-11(10)8-12/h6-9,16H,2-5H2,1H3. The minimum Gasteiger partial charge on any atom is -0.507 e. The summed E-state index contributed by atoms with van der Waals surface area (Å²) in [6.07, 6.45) is 5.27. The second kappa shape index (κ2) is 5.69. The Labute approximate surface area is 111 Å². The molecule has 0 unspecified atom stereocenters. The molecule has 19 heavy (non-hydrogen) atoms. The highest BCUT2D eigenvalue weighted by molar-refractivity contribution is 6.39. The number of aliphatic hydroxyl groups excluding tert-OH is 1. The average molecular weight is 260 g/mol. The Hall–Kier alpha value is -2.10. The lowest BCUT2D eigenvalue weighted by Crippen LogP contribution is -2.13. The molecule has 0 spiro atoms. The number of hydrogen-bond donors (Lipinski definition) is 1. The summed E-state index contributed by atoms with van der Waals surface area (Å²) >= 11 is 0. The molecule has 0 atom stereocenters. The molecule has 0 saturated carbocycles. The van der Waals surface area contributed by atoms with Crippen LogP contribution in [0.2, 0.25) is 0 Å². The van der Waals surface area contributed by atoms with Crippen molar-refractivity contribution in [3.05, 3.63) is 41.0 Å². The van der Waals surface area contributed by atoms with Gasteiger partial charge in [0.25, 0.3) is 5.78 Å². The van der Waals surface area contributed by atoms with Gasteiger partial charge < -0.3 is 9.84 Å². The molecule has 4 nitrogen and oxygen atoms in total. The molecule has 1 aromatic rings. The van der Waals surface area contributed by atoms with E-state index in [1.54, 1.807) is 6.07 Å². The Morgan fingerprint density at radius 3 is 2.58 bits per heavy atom. The van der Waals surface area contributed by atoms with Crippen LogP contribution in [0.5, 0.6) is 0 Å². The predicted octanol–water partition coefficient (Wildman–Crippen LogP) is 2.21. The number of aliphatic hydroxyl groups is 1. The van der Waals surface area contributed by atoms with E-state index in [0.717, 1.165) is 32.4 Å². The normalized spacial score (nSPS) is 14.7. The number of carbonyl (C=O) groups excluding carboxylic acids is 2. The fraction of sp³-hybridized carbons (Fsp3) is 0.333. The molecule has 0 aliphatic heterocycles. The molecule has 0 bridgehead atoms. The zero-order valence-corrected chi connectivity index (χ0v) is 10.8. The molecule has 0 aromatic heterocycles. The molecular weight excluding hydrogens is 244 g/mol. The van der Waals surface area contributed by atoms with Crippen LogP contribution in [0.15, 0.2) is 24.3 Å². The number of rotatable bonds is 3. The first-order valence-electron chi connectivity index (χ1n) is 6.27. The van der Waals surface area contributed by atoms with E-state index in [0.29, 0.717) is 5.56 Å². The molecule has 1 N–H and O–H groups in total. The van der Waals surface area contributed by atoms with E-state index in [4.69, 9.17) is 0 Å². The number of carbonyl (C=O) groups is 2. The third-order valence-corrected chi connectivity index (χ3v) is 3.30. The summed E-state index contributed by atoms with van der Waals surface area (Å²) in [5, 5.41) is 9.87. The van der Waals surface area contributed by atoms with Crippen molar-refractivity contribution >= 4 is 17.5 Å². The van der Waals surface area contributed by atoms with Gasteiger partial charge in [0.05, 0.1) is 7.11 Å². The van der Waals surface area contributed by atoms with Gasteiger partial charge in [-0.25, -0.2) is 4.79 Å². The van der Waals surface area contributed by atoms with Gasteiger partial charge in [-0.2, -0.15) is 0 Å². The molecule has 0 fully saturated rings. The molecule has 0 saturated heterocycles. The smallest absolute Gasteiger partial charge is 0.378 e. The molecule has 0 heterocycles. The van der Waals surface area contributed by atoms with Crippen molar-refractivity contribution in [3.63, 3.8) is 0 Å². The van der Waals surface area contributed by atoms with Gasteiger partial charge in [0.2, 0.25) is 0 Å². The first-order valence-corrected chi connectivity index (χ1v) is 6.27. The number of methoxy groups -OCH3 is 1. The van der Waals surface area contributed by atoms with Crippen LogP contribution in [-0.4, -0.2) is 24.0 Å². The molecule has 1 aliphatic rings. The monoisotopic (exact) mass is 260 g/mol. The average Bonchev–Trinajstić information content (AvgIpc) is 2.45. The van der Waals surface area contributed by atoms with Gasteiger partial charge in [-0.1, -0.05) is 12.1 Å². The minimum atomic E-state index is -0.982.